The summed E-state index contributed by atoms with van der Waals surface area (Å²) in [4.78, 5) is 22.7. The molecule has 0 aliphatic heterocycles. The van der Waals surface area contributed by atoms with Crippen molar-refractivity contribution in [3.05, 3.63) is 58.1 Å². The third-order valence-corrected chi connectivity index (χ3v) is 4.01. The molecule has 6 heteroatoms. The predicted molar refractivity (Wildman–Crippen MR) is 80.6 cm³/mol. The van der Waals surface area contributed by atoms with Crippen LogP contribution in [0.25, 0.3) is 0 Å². The maximum Gasteiger partial charge on any atom is 0.331 e. The van der Waals surface area contributed by atoms with Gasteiger partial charge in [-0.3, -0.25) is 4.79 Å². The molecule has 0 fully saturated rings. The highest BCUT2D eigenvalue weighted by molar-refractivity contribution is 6.31. The second-order valence-electron chi connectivity index (χ2n) is 5.44. The van der Waals surface area contributed by atoms with Crippen molar-refractivity contribution >= 4 is 23.5 Å². The summed E-state index contributed by atoms with van der Waals surface area (Å²) in [6, 6.07) is 6.59. The van der Waals surface area contributed by atoms with Crippen molar-refractivity contribution in [2.24, 2.45) is 5.41 Å². The Labute approximate surface area is 132 Å². The first-order valence-corrected chi connectivity index (χ1v) is 6.95. The van der Waals surface area contributed by atoms with E-state index < -0.39 is 23.5 Å². The second-order valence-corrected chi connectivity index (χ2v) is 5.85. The third-order valence-electron chi connectivity index (χ3n) is 3.66. The first-order valence-electron chi connectivity index (χ1n) is 6.57. The smallest absolute Gasteiger partial charge is 0.331 e. The molecule has 0 spiro atoms. The van der Waals surface area contributed by atoms with Crippen molar-refractivity contribution < 1.29 is 24.9 Å². The summed E-state index contributed by atoms with van der Waals surface area (Å²) in [6.45, 7) is 1.42. The number of hydrogen-bond donors (Lipinski definition) is 3. The lowest BCUT2D eigenvalue weighted by molar-refractivity contribution is -0.145. The Kier molecular flexibility index (Phi) is 4.39. The molecule has 1 aliphatic carbocycles. The molecule has 0 heterocycles. The van der Waals surface area contributed by atoms with Crippen molar-refractivity contribution in [2.75, 3.05) is 0 Å². The standard InChI is InChI=1S/C16H15ClO5/c1-16(15(21)22)7-9(6-10(8-16)14(19)20)13(18)11-4-2-3-5-12(11)17/h2-7,13,18H,8H2,1H3,(H,19,20)(H,21,22). The topological polar surface area (TPSA) is 94.8 Å². The van der Waals surface area contributed by atoms with E-state index in [1.807, 2.05) is 0 Å². The molecule has 1 aromatic rings. The lowest BCUT2D eigenvalue weighted by Gasteiger charge is -2.28. The van der Waals surface area contributed by atoms with Gasteiger partial charge in [0.25, 0.3) is 0 Å². The zero-order chi connectivity index (χ0) is 16.5. The Bertz CT molecular complexity index is 692. The monoisotopic (exact) mass is 322 g/mol. The van der Waals surface area contributed by atoms with Crippen LogP contribution in [0.1, 0.15) is 25.0 Å². The molecule has 0 bridgehead atoms. The van der Waals surface area contributed by atoms with Crippen LogP contribution in [0.3, 0.4) is 0 Å². The summed E-state index contributed by atoms with van der Waals surface area (Å²) in [5, 5.41) is 29.3. The molecule has 2 rings (SSSR count). The number of aliphatic hydroxyl groups excluding tert-OH is 1. The molecule has 22 heavy (non-hydrogen) atoms. The fraction of sp³-hybridized carbons (Fsp3) is 0.250. The Hall–Kier alpha value is -2.11. The lowest BCUT2D eigenvalue weighted by atomic mass is 9.76. The van der Waals surface area contributed by atoms with Crippen LogP contribution in [0.15, 0.2) is 47.6 Å². The summed E-state index contributed by atoms with van der Waals surface area (Å²) in [7, 11) is 0. The van der Waals surface area contributed by atoms with Crippen LogP contribution < -0.4 is 0 Å². The number of halogens is 1. The Balaban J connectivity index is 2.51. The first-order chi connectivity index (χ1) is 10.2. The highest BCUT2D eigenvalue weighted by Crippen LogP contribution is 2.39. The highest BCUT2D eigenvalue weighted by Gasteiger charge is 2.37. The molecule has 1 aromatic carbocycles. The molecule has 1 aliphatic rings. The van der Waals surface area contributed by atoms with Crippen molar-refractivity contribution in [1.82, 2.24) is 0 Å². The zero-order valence-electron chi connectivity index (χ0n) is 11.8. The van der Waals surface area contributed by atoms with Crippen LogP contribution in [0.2, 0.25) is 5.02 Å². The minimum absolute atomic E-state index is 0.0616. The van der Waals surface area contributed by atoms with Gasteiger partial charge >= 0.3 is 11.9 Å². The van der Waals surface area contributed by atoms with Crippen LogP contribution in [0.5, 0.6) is 0 Å². The SMILES string of the molecule is CC1(C(=O)O)C=C(C(O)c2ccccc2Cl)C=C(C(=O)O)C1. The van der Waals surface area contributed by atoms with Gasteiger partial charge in [0, 0.05) is 16.2 Å². The first kappa shape index (κ1) is 16.3. The number of carbonyl (C=O) groups is 2. The molecule has 0 saturated heterocycles. The highest BCUT2D eigenvalue weighted by atomic mass is 35.5. The number of hydrogen-bond acceptors (Lipinski definition) is 3. The summed E-state index contributed by atoms with van der Waals surface area (Å²) < 4.78 is 0. The second kappa shape index (κ2) is 5.94. The van der Waals surface area contributed by atoms with Gasteiger partial charge in [-0.05, 0) is 31.1 Å². The normalized spacial score (nSPS) is 22.5. The van der Waals surface area contributed by atoms with E-state index in [9.17, 15) is 24.9 Å². The van der Waals surface area contributed by atoms with Crippen molar-refractivity contribution in [1.29, 1.82) is 0 Å². The molecule has 0 radical (unpaired) electrons. The lowest BCUT2D eigenvalue weighted by Crippen LogP contribution is -2.30. The number of benzene rings is 1. The van der Waals surface area contributed by atoms with Crippen LogP contribution >= 0.6 is 11.6 Å². The van der Waals surface area contributed by atoms with E-state index in [1.54, 1.807) is 24.3 Å². The molecule has 2 unspecified atom stereocenters. The molecule has 3 N–H and O–H groups in total. The number of aliphatic hydroxyl groups is 1. The van der Waals surface area contributed by atoms with E-state index in [2.05, 4.69) is 0 Å². The minimum Gasteiger partial charge on any atom is -0.481 e. The summed E-state index contributed by atoms with van der Waals surface area (Å²) in [6.07, 6.45) is 1.36. The number of carboxylic acids is 2. The number of rotatable bonds is 4. The van der Waals surface area contributed by atoms with Gasteiger partial charge < -0.3 is 15.3 Å². The Morgan fingerprint density at radius 3 is 2.45 bits per heavy atom. The Morgan fingerprint density at radius 2 is 1.91 bits per heavy atom. The van der Waals surface area contributed by atoms with Gasteiger partial charge in [-0.2, -0.15) is 0 Å². The van der Waals surface area contributed by atoms with E-state index in [-0.39, 0.29) is 17.6 Å². The summed E-state index contributed by atoms with van der Waals surface area (Å²) in [5.41, 5.74) is -0.846. The van der Waals surface area contributed by atoms with E-state index in [0.29, 0.717) is 10.6 Å². The van der Waals surface area contributed by atoms with Crippen molar-refractivity contribution in [3.8, 4) is 0 Å². The van der Waals surface area contributed by atoms with Crippen LogP contribution in [-0.4, -0.2) is 27.3 Å². The molecular formula is C16H15ClO5. The summed E-state index contributed by atoms with van der Waals surface area (Å²) >= 11 is 6.03. The summed E-state index contributed by atoms with van der Waals surface area (Å²) in [5.74, 6) is -2.35. The molecule has 116 valence electrons. The van der Waals surface area contributed by atoms with Gasteiger partial charge in [-0.1, -0.05) is 35.9 Å². The average Bonchev–Trinajstić information content (AvgIpc) is 2.46. The third kappa shape index (κ3) is 3.05. The van der Waals surface area contributed by atoms with E-state index in [4.69, 9.17) is 11.6 Å². The van der Waals surface area contributed by atoms with Crippen LogP contribution in [0.4, 0.5) is 0 Å². The maximum atomic E-state index is 11.4. The van der Waals surface area contributed by atoms with E-state index in [0.717, 1.165) is 0 Å². The number of aliphatic carboxylic acids is 2. The van der Waals surface area contributed by atoms with Gasteiger partial charge in [-0.25, -0.2) is 4.79 Å². The van der Waals surface area contributed by atoms with Crippen molar-refractivity contribution in [3.63, 3.8) is 0 Å². The van der Waals surface area contributed by atoms with Crippen molar-refractivity contribution in [2.45, 2.75) is 19.4 Å². The van der Waals surface area contributed by atoms with Gasteiger partial charge in [0.2, 0.25) is 0 Å². The van der Waals surface area contributed by atoms with Gasteiger partial charge in [0.15, 0.2) is 0 Å². The molecular weight excluding hydrogens is 308 g/mol. The molecule has 0 amide bonds. The van der Waals surface area contributed by atoms with E-state index in [1.165, 1.54) is 19.1 Å². The average molecular weight is 323 g/mol. The quantitative estimate of drug-likeness (QED) is 0.792. The zero-order valence-corrected chi connectivity index (χ0v) is 12.5. The maximum absolute atomic E-state index is 11.4. The fourth-order valence-electron chi connectivity index (χ4n) is 2.42. The fourth-order valence-corrected chi connectivity index (χ4v) is 2.66. The molecule has 2 atom stereocenters. The molecule has 0 aromatic heterocycles. The predicted octanol–water partition coefficient (Wildman–Crippen LogP) is 2.81. The minimum atomic E-state index is -1.39. The largest absolute Gasteiger partial charge is 0.481 e. The van der Waals surface area contributed by atoms with Gasteiger partial charge in [-0.15, -0.1) is 0 Å². The van der Waals surface area contributed by atoms with Crippen LogP contribution in [-0.2, 0) is 9.59 Å². The Morgan fingerprint density at radius 1 is 1.27 bits per heavy atom. The van der Waals surface area contributed by atoms with Gasteiger partial charge in [0.05, 0.1) is 5.41 Å². The van der Waals surface area contributed by atoms with E-state index >= 15 is 0 Å². The van der Waals surface area contributed by atoms with Crippen LogP contribution in [0, 0.1) is 5.41 Å². The number of carboxylic acid groups (broad SMARTS) is 2. The molecule has 0 saturated carbocycles. The molecule has 5 nitrogen and oxygen atoms in total. The van der Waals surface area contributed by atoms with Gasteiger partial charge in [0.1, 0.15) is 6.10 Å².